The van der Waals surface area contributed by atoms with Gasteiger partial charge in [-0.3, -0.25) is 9.97 Å². The van der Waals surface area contributed by atoms with E-state index in [0.717, 1.165) is 16.4 Å². The number of hydrogen-bond donors (Lipinski definition) is 2. The first kappa shape index (κ1) is 15.4. The van der Waals surface area contributed by atoms with Crippen LogP contribution in [0.1, 0.15) is 5.56 Å². The highest BCUT2D eigenvalue weighted by Gasteiger charge is 2.07. The average Bonchev–Trinajstić information content (AvgIpc) is 2.56. The summed E-state index contributed by atoms with van der Waals surface area (Å²) in [5.74, 6) is 0. The molecule has 0 atom stereocenters. The van der Waals surface area contributed by atoms with Gasteiger partial charge in [0.15, 0.2) is 0 Å². The summed E-state index contributed by atoms with van der Waals surface area (Å²) in [5.41, 5.74) is 3.21. The molecule has 0 aliphatic carbocycles. The molecule has 5 nitrogen and oxygen atoms in total. The summed E-state index contributed by atoms with van der Waals surface area (Å²) in [5, 5.41) is 5.67. The van der Waals surface area contributed by atoms with Gasteiger partial charge in [-0.2, -0.15) is 0 Å². The minimum atomic E-state index is -0.252. The first-order chi connectivity index (χ1) is 11.2. The zero-order chi connectivity index (χ0) is 16.1. The molecule has 23 heavy (non-hydrogen) atoms. The van der Waals surface area contributed by atoms with Gasteiger partial charge in [0.2, 0.25) is 0 Å². The van der Waals surface area contributed by atoms with Crippen molar-refractivity contribution in [2.75, 3.05) is 11.9 Å². The highest BCUT2D eigenvalue weighted by Crippen LogP contribution is 2.21. The molecule has 2 N–H and O–H groups in total. The zero-order valence-corrected chi connectivity index (χ0v) is 13.9. The van der Waals surface area contributed by atoms with Gasteiger partial charge in [-0.15, -0.1) is 0 Å². The number of benzene rings is 1. The topological polar surface area (TPSA) is 66.9 Å². The Balaban J connectivity index is 1.62. The van der Waals surface area contributed by atoms with Crippen LogP contribution in [-0.2, 0) is 6.42 Å². The lowest BCUT2D eigenvalue weighted by atomic mass is 10.1. The van der Waals surface area contributed by atoms with E-state index in [2.05, 4.69) is 36.5 Å². The Morgan fingerprint density at radius 3 is 2.78 bits per heavy atom. The monoisotopic (exact) mass is 370 g/mol. The number of anilines is 1. The van der Waals surface area contributed by atoms with Gasteiger partial charge in [0.1, 0.15) is 5.52 Å². The molecule has 0 radical (unpaired) electrons. The second-order valence-electron chi connectivity index (χ2n) is 5.00. The number of amides is 2. The van der Waals surface area contributed by atoms with Crippen molar-refractivity contribution >= 4 is 38.7 Å². The molecule has 0 spiro atoms. The Kier molecular flexibility index (Phi) is 4.83. The van der Waals surface area contributed by atoms with Crippen LogP contribution < -0.4 is 10.6 Å². The van der Waals surface area contributed by atoms with Crippen LogP contribution in [0.2, 0.25) is 0 Å². The predicted octanol–water partition coefficient (Wildman–Crippen LogP) is 3.76. The van der Waals surface area contributed by atoms with Crippen molar-refractivity contribution < 1.29 is 4.79 Å². The average molecular weight is 371 g/mol. The third-order valence-electron chi connectivity index (χ3n) is 3.33. The predicted molar refractivity (Wildman–Crippen MR) is 94.4 cm³/mol. The van der Waals surface area contributed by atoms with Gasteiger partial charge >= 0.3 is 6.03 Å². The number of rotatable bonds is 4. The molecule has 2 amide bonds. The molecule has 1 aromatic carbocycles. The molecule has 0 saturated carbocycles. The van der Waals surface area contributed by atoms with E-state index in [1.807, 2.05) is 36.4 Å². The molecule has 2 heterocycles. The van der Waals surface area contributed by atoms with Gasteiger partial charge in [0.05, 0.1) is 11.2 Å². The number of halogens is 1. The lowest BCUT2D eigenvalue weighted by Gasteiger charge is -2.09. The summed E-state index contributed by atoms with van der Waals surface area (Å²) in [6, 6.07) is 13.4. The quantitative estimate of drug-likeness (QED) is 0.734. The number of nitrogens with one attached hydrogen (secondary N) is 2. The van der Waals surface area contributed by atoms with Crippen molar-refractivity contribution in [1.29, 1.82) is 0 Å². The number of pyridine rings is 2. The van der Waals surface area contributed by atoms with E-state index in [0.29, 0.717) is 17.7 Å². The number of fused-ring (bicyclic) bond motifs is 1. The normalized spacial score (nSPS) is 10.5. The maximum atomic E-state index is 12.0. The molecule has 0 unspecified atom stereocenters. The minimum absolute atomic E-state index is 0.252. The Hall–Kier alpha value is -2.47. The van der Waals surface area contributed by atoms with Crippen LogP contribution in [0.3, 0.4) is 0 Å². The molecule has 0 saturated heterocycles. The molecule has 0 aliphatic rings. The smallest absolute Gasteiger partial charge is 0.319 e. The zero-order valence-electron chi connectivity index (χ0n) is 12.3. The fraction of sp³-hybridized carbons (Fsp3) is 0.118. The third kappa shape index (κ3) is 4.04. The Morgan fingerprint density at radius 1 is 1.13 bits per heavy atom. The van der Waals surface area contributed by atoms with Crippen LogP contribution in [0.15, 0.2) is 59.3 Å². The maximum absolute atomic E-state index is 12.0. The fourth-order valence-electron chi connectivity index (χ4n) is 2.24. The number of carbonyl (C=O) groups is 1. The maximum Gasteiger partial charge on any atom is 0.319 e. The van der Waals surface area contributed by atoms with Gasteiger partial charge in [0, 0.05) is 23.4 Å². The molecule has 0 aliphatic heterocycles. The van der Waals surface area contributed by atoms with Gasteiger partial charge in [-0.1, -0.05) is 30.3 Å². The minimum Gasteiger partial charge on any atom is -0.338 e. The Bertz CT molecular complexity index is 823. The first-order valence-electron chi connectivity index (χ1n) is 7.21. The first-order valence-corrected chi connectivity index (χ1v) is 8.01. The van der Waals surface area contributed by atoms with E-state index in [-0.39, 0.29) is 6.03 Å². The molecule has 3 rings (SSSR count). The molecular formula is C17H15BrN4O. The molecule has 2 aromatic heterocycles. The molecule has 0 fully saturated rings. The van der Waals surface area contributed by atoms with Crippen molar-refractivity contribution in [2.45, 2.75) is 6.42 Å². The molecule has 116 valence electrons. The molecule has 3 aromatic rings. The van der Waals surface area contributed by atoms with Crippen LogP contribution >= 0.6 is 15.9 Å². The van der Waals surface area contributed by atoms with Gasteiger partial charge < -0.3 is 10.6 Å². The molecule has 6 heteroatoms. The van der Waals surface area contributed by atoms with Crippen molar-refractivity contribution in [3.63, 3.8) is 0 Å². The second kappa shape index (κ2) is 7.19. The van der Waals surface area contributed by atoms with Crippen molar-refractivity contribution in [2.24, 2.45) is 0 Å². The van der Waals surface area contributed by atoms with E-state index < -0.39 is 0 Å². The fourth-order valence-corrected chi connectivity index (χ4v) is 2.56. The summed E-state index contributed by atoms with van der Waals surface area (Å²) in [4.78, 5) is 20.6. The second-order valence-corrected chi connectivity index (χ2v) is 5.91. The number of nitrogens with zero attached hydrogens (tertiary/aromatic N) is 2. The lowest BCUT2D eigenvalue weighted by Crippen LogP contribution is -2.30. The summed E-state index contributed by atoms with van der Waals surface area (Å²) in [6.45, 7) is 0.567. The number of aromatic nitrogens is 2. The van der Waals surface area contributed by atoms with E-state index in [1.165, 1.54) is 5.56 Å². The highest BCUT2D eigenvalue weighted by molar-refractivity contribution is 9.10. The van der Waals surface area contributed by atoms with Crippen LogP contribution in [-0.4, -0.2) is 22.5 Å². The van der Waals surface area contributed by atoms with Crippen molar-refractivity contribution in [1.82, 2.24) is 15.3 Å². The number of hydrogen-bond acceptors (Lipinski definition) is 3. The summed E-state index contributed by atoms with van der Waals surface area (Å²) in [7, 11) is 0. The SMILES string of the molecule is O=C(NCCc1ccccc1)Nc1ccnc2cc(Br)cnc12. The largest absolute Gasteiger partial charge is 0.338 e. The van der Waals surface area contributed by atoms with Gasteiger partial charge in [-0.25, -0.2) is 4.79 Å². The molecule has 0 bridgehead atoms. The van der Waals surface area contributed by atoms with Crippen LogP contribution in [0.4, 0.5) is 10.5 Å². The van der Waals surface area contributed by atoms with Crippen LogP contribution in [0, 0.1) is 0 Å². The summed E-state index contributed by atoms with van der Waals surface area (Å²) >= 11 is 3.36. The van der Waals surface area contributed by atoms with E-state index in [1.54, 1.807) is 18.5 Å². The Morgan fingerprint density at radius 2 is 1.96 bits per heavy atom. The van der Waals surface area contributed by atoms with Crippen LogP contribution in [0.25, 0.3) is 11.0 Å². The van der Waals surface area contributed by atoms with E-state index in [9.17, 15) is 4.79 Å². The van der Waals surface area contributed by atoms with Gasteiger partial charge in [0.25, 0.3) is 0 Å². The third-order valence-corrected chi connectivity index (χ3v) is 3.77. The van der Waals surface area contributed by atoms with Crippen molar-refractivity contribution in [3.05, 3.63) is 64.9 Å². The highest BCUT2D eigenvalue weighted by atomic mass is 79.9. The lowest BCUT2D eigenvalue weighted by molar-refractivity contribution is 0.252. The Labute approximate surface area is 142 Å². The van der Waals surface area contributed by atoms with Crippen molar-refractivity contribution in [3.8, 4) is 0 Å². The summed E-state index contributed by atoms with van der Waals surface area (Å²) in [6.07, 6.45) is 4.12. The standard InChI is InChI=1S/C17H15BrN4O/c18-13-10-15-16(21-11-13)14(7-9-19-15)22-17(23)20-8-6-12-4-2-1-3-5-12/h1-5,7,9-11H,6,8H2,(H2,19,20,22,23). The van der Waals surface area contributed by atoms with E-state index >= 15 is 0 Å². The number of urea groups is 1. The van der Waals surface area contributed by atoms with E-state index in [4.69, 9.17) is 0 Å². The molecular weight excluding hydrogens is 356 g/mol. The number of carbonyl (C=O) groups excluding carboxylic acids is 1. The van der Waals surface area contributed by atoms with Gasteiger partial charge in [-0.05, 0) is 40.0 Å². The van der Waals surface area contributed by atoms with Crippen LogP contribution in [0.5, 0.6) is 0 Å². The summed E-state index contributed by atoms with van der Waals surface area (Å²) < 4.78 is 0.849.